The first-order valence-corrected chi connectivity index (χ1v) is 7.36. The zero-order chi connectivity index (χ0) is 15.2. The average molecular weight is 311 g/mol. The number of anilines is 1. The molecule has 1 saturated heterocycles. The van der Waals surface area contributed by atoms with Crippen LogP contribution in [0.5, 0.6) is 0 Å². The van der Waals surface area contributed by atoms with Crippen LogP contribution in [0.4, 0.5) is 5.69 Å². The van der Waals surface area contributed by atoms with Crippen molar-refractivity contribution >= 4 is 29.2 Å². The van der Waals surface area contributed by atoms with Crippen LogP contribution in [0, 0.1) is 5.92 Å². The summed E-state index contributed by atoms with van der Waals surface area (Å²) in [6.07, 6.45) is 2.50. The highest BCUT2D eigenvalue weighted by Crippen LogP contribution is 2.22. The monoisotopic (exact) mass is 310 g/mol. The van der Waals surface area contributed by atoms with Gasteiger partial charge in [-0.3, -0.25) is 4.79 Å². The summed E-state index contributed by atoms with van der Waals surface area (Å²) in [6.45, 7) is 2.03. The summed E-state index contributed by atoms with van der Waals surface area (Å²) in [4.78, 5) is 23.3. The molecule has 1 aromatic carbocycles. The molecule has 1 heterocycles. The molecule has 6 heteroatoms. The van der Waals surface area contributed by atoms with E-state index in [4.69, 9.17) is 11.6 Å². The normalized spacial score (nSPS) is 17.5. The van der Waals surface area contributed by atoms with E-state index in [-0.39, 0.29) is 16.5 Å². The third kappa shape index (κ3) is 4.44. The number of carbonyl (C=O) groups is 2. The fourth-order valence-corrected chi connectivity index (χ4v) is 2.65. The first-order valence-electron chi connectivity index (χ1n) is 6.98. The molecule has 114 valence electrons. The van der Waals surface area contributed by atoms with Gasteiger partial charge in [0.1, 0.15) is 0 Å². The summed E-state index contributed by atoms with van der Waals surface area (Å²) < 4.78 is 4.62. The van der Waals surface area contributed by atoms with Gasteiger partial charge in [0, 0.05) is 12.1 Å². The zero-order valence-corrected chi connectivity index (χ0v) is 12.7. The van der Waals surface area contributed by atoms with Crippen molar-refractivity contribution in [2.24, 2.45) is 5.92 Å². The maximum atomic E-state index is 11.9. The van der Waals surface area contributed by atoms with E-state index in [1.54, 1.807) is 18.2 Å². The average Bonchev–Trinajstić information content (AvgIpc) is 2.98. The molecule has 1 atom stereocenters. The highest BCUT2D eigenvalue weighted by atomic mass is 35.5. The van der Waals surface area contributed by atoms with E-state index < -0.39 is 5.97 Å². The largest absolute Gasteiger partial charge is 0.465 e. The lowest BCUT2D eigenvalue weighted by Crippen LogP contribution is -2.15. The van der Waals surface area contributed by atoms with Crippen LogP contribution in [0.1, 0.15) is 29.6 Å². The highest BCUT2D eigenvalue weighted by molar-refractivity contribution is 6.33. The Labute approximate surface area is 129 Å². The van der Waals surface area contributed by atoms with Crippen molar-refractivity contribution in [3.8, 4) is 0 Å². The van der Waals surface area contributed by atoms with Crippen LogP contribution in [-0.4, -0.2) is 32.1 Å². The summed E-state index contributed by atoms with van der Waals surface area (Å²) >= 11 is 6.01. The molecule has 1 fully saturated rings. The quantitative estimate of drug-likeness (QED) is 0.820. The van der Waals surface area contributed by atoms with E-state index in [0.717, 1.165) is 25.9 Å². The number of ether oxygens (including phenoxy) is 1. The molecule has 0 radical (unpaired) electrons. The predicted octanol–water partition coefficient (Wildman–Crippen LogP) is 2.45. The molecular formula is C15H19ClN2O3. The smallest absolute Gasteiger partial charge is 0.339 e. The molecule has 21 heavy (non-hydrogen) atoms. The zero-order valence-electron chi connectivity index (χ0n) is 11.9. The topological polar surface area (TPSA) is 67.4 Å². The summed E-state index contributed by atoms with van der Waals surface area (Å²) in [5.74, 6) is 0.0523. The highest BCUT2D eigenvalue weighted by Gasteiger charge is 2.16. The summed E-state index contributed by atoms with van der Waals surface area (Å²) in [6, 6.07) is 4.75. The van der Waals surface area contributed by atoms with Gasteiger partial charge in [0.2, 0.25) is 5.91 Å². The van der Waals surface area contributed by atoms with Crippen molar-refractivity contribution < 1.29 is 14.3 Å². The van der Waals surface area contributed by atoms with Crippen molar-refractivity contribution in [3.63, 3.8) is 0 Å². The summed E-state index contributed by atoms with van der Waals surface area (Å²) in [5, 5.41) is 6.34. The van der Waals surface area contributed by atoms with E-state index in [0.29, 0.717) is 18.0 Å². The van der Waals surface area contributed by atoms with E-state index in [1.807, 2.05) is 0 Å². The lowest BCUT2D eigenvalue weighted by molar-refractivity contribution is -0.116. The van der Waals surface area contributed by atoms with E-state index in [9.17, 15) is 9.59 Å². The maximum Gasteiger partial charge on any atom is 0.339 e. The van der Waals surface area contributed by atoms with Crippen molar-refractivity contribution in [2.75, 3.05) is 25.5 Å². The molecule has 0 bridgehead atoms. The molecule has 1 aliphatic heterocycles. The number of carbonyl (C=O) groups excluding carboxylic acids is 2. The van der Waals surface area contributed by atoms with Crippen molar-refractivity contribution in [3.05, 3.63) is 28.8 Å². The van der Waals surface area contributed by atoms with Crippen LogP contribution < -0.4 is 10.6 Å². The van der Waals surface area contributed by atoms with Gasteiger partial charge >= 0.3 is 5.97 Å². The molecule has 2 rings (SSSR count). The number of nitrogens with one attached hydrogen (secondary N) is 2. The van der Waals surface area contributed by atoms with Crippen LogP contribution in [0.15, 0.2) is 18.2 Å². The first-order chi connectivity index (χ1) is 10.1. The van der Waals surface area contributed by atoms with Crippen LogP contribution in [0.3, 0.4) is 0 Å². The number of hydrogen-bond donors (Lipinski definition) is 2. The fourth-order valence-electron chi connectivity index (χ4n) is 2.39. The number of hydrogen-bond acceptors (Lipinski definition) is 4. The van der Waals surface area contributed by atoms with Crippen LogP contribution in [0.2, 0.25) is 5.02 Å². The van der Waals surface area contributed by atoms with Crippen LogP contribution in [0.25, 0.3) is 0 Å². The van der Waals surface area contributed by atoms with Crippen LogP contribution in [-0.2, 0) is 9.53 Å². The SMILES string of the molecule is COC(=O)c1ccc(NC(=O)CCC2CCNC2)cc1Cl. The molecule has 1 unspecified atom stereocenters. The van der Waals surface area contributed by atoms with Gasteiger partial charge in [-0.05, 0) is 50.0 Å². The third-order valence-electron chi connectivity index (χ3n) is 3.60. The van der Waals surface area contributed by atoms with Gasteiger partial charge < -0.3 is 15.4 Å². The Morgan fingerprint density at radius 3 is 2.90 bits per heavy atom. The van der Waals surface area contributed by atoms with Gasteiger partial charge in [-0.1, -0.05) is 11.6 Å². The molecular weight excluding hydrogens is 292 g/mol. The van der Waals surface area contributed by atoms with Gasteiger partial charge in [-0.25, -0.2) is 4.79 Å². The summed E-state index contributed by atoms with van der Waals surface area (Å²) in [5.41, 5.74) is 0.872. The standard InChI is InChI=1S/C15H19ClN2O3/c1-21-15(20)12-4-3-11(8-13(12)16)18-14(19)5-2-10-6-7-17-9-10/h3-4,8,10,17H,2,5-7,9H2,1H3,(H,18,19). The molecule has 5 nitrogen and oxygen atoms in total. The van der Waals surface area contributed by atoms with E-state index >= 15 is 0 Å². The Morgan fingerprint density at radius 1 is 1.48 bits per heavy atom. The number of halogens is 1. The Morgan fingerprint density at radius 2 is 2.29 bits per heavy atom. The molecule has 0 saturated carbocycles. The molecule has 0 aliphatic carbocycles. The number of methoxy groups -OCH3 is 1. The second kappa shape index (κ2) is 7.43. The lowest BCUT2D eigenvalue weighted by Gasteiger charge is -2.10. The molecule has 2 N–H and O–H groups in total. The Balaban J connectivity index is 1.88. The minimum Gasteiger partial charge on any atom is -0.465 e. The third-order valence-corrected chi connectivity index (χ3v) is 3.91. The van der Waals surface area contributed by atoms with Gasteiger partial charge in [0.05, 0.1) is 17.7 Å². The minimum atomic E-state index is -0.494. The van der Waals surface area contributed by atoms with Gasteiger partial charge in [-0.2, -0.15) is 0 Å². The molecule has 0 spiro atoms. The van der Waals surface area contributed by atoms with Crippen molar-refractivity contribution in [2.45, 2.75) is 19.3 Å². The lowest BCUT2D eigenvalue weighted by atomic mass is 10.0. The maximum absolute atomic E-state index is 11.9. The Kier molecular flexibility index (Phi) is 5.59. The number of rotatable bonds is 5. The van der Waals surface area contributed by atoms with Crippen molar-refractivity contribution in [1.82, 2.24) is 5.32 Å². The number of amides is 1. The second-order valence-electron chi connectivity index (χ2n) is 5.13. The van der Waals surface area contributed by atoms with Gasteiger partial charge in [0.15, 0.2) is 0 Å². The molecule has 0 aromatic heterocycles. The minimum absolute atomic E-state index is 0.0382. The first kappa shape index (κ1) is 15.8. The van der Waals surface area contributed by atoms with E-state index in [1.165, 1.54) is 7.11 Å². The summed E-state index contributed by atoms with van der Waals surface area (Å²) in [7, 11) is 1.30. The van der Waals surface area contributed by atoms with Gasteiger partial charge in [-0.15, -0.1) is 0 Å². The molecule has 1 amide bonds. The second-order valence-corrected chi connectivity index (χ2v) is 5.54. The van der Waals surface area contributed by atoms with E-state index in [2.05, 4.69) is 15.4 Å². The number of esters is 1. The van der Waals surface area contributed by atoms with Gasteiger partial charge in [0.25, 0.3) is 0 Å². The Hall–Kier alpha value is -1.59. The van der Waals surface area contributed by atoms with Crippen molar-refractivity contribution in [1.29, 1.82) is 0 Å². The number of benzene rings is 1. The Bertz CT molecular complexity index is 528. The molecule has 1 aromatic rings. The molecule has 1 aliphatic rings. The fraction of sp³-hybridized carbons (Fsp3) is 0.467. The predicted molar refractivity (Wildman–Crippen MR) is 81.6 cm³/mol. The van der Waals surface area contributed by atoms with Crippen LogP contribution >= 0.6 is 11.6 Å².